The molecule has 3 aromatic carbocycles. The van der Waals surface area contributed by atoms with E-state index in [2.05, 4.69) is 52.7 Å². The molecule has 0 atom stereocenters. The molecule has 1 aliphatic rings. The smallest absolute Gasteiger partial charge is 0.222 e. The summed E-state index contributed by atoms with van der Waals surface area (Å²) in [4.78, 5) is 13.8. The van der Waals surface area contributed by atoms with Gasteiger partial charge in [0, 0.05) is 13.5 Å². The lowest BCUT2D eigenvalue weighted by Crippen LogP contribution is -2.34. The van der Waals surface area contributed by atoms with Crippen molar-refractivity contribution in [1.29, 1.82) is 5.41 Å². The second kappa shape index (κ2) is 10.3. The maximum atomic E-state index is 11.2. The van der Waals surface area contributed by atoms with Crippen molar-refractivity contribution in [2.75, 3.05) is 26.2 Å². The number of carbonyl (C=O) groups is 1. The Morgan fingerprint density at radius 2 is 1.86 bits per heavy atom. The molecular formula is C29H31N3O3. The van der Waals surface area contributed by atoms with Crippen molar-refractivity contribution < 1.29 is 13.9 Å². The molecular weight excluding hydrogens is 438 g/mol. The average molecular weight is 470 g/mol. The summed E-state index contributed by atoms with van der Waals surface area (Å²) in [6.07, 6.45) is 3.33. The van der Waals surface area contributed by atoms with Crippen LogP contribution in [0.4, 0.5) is 0 Å². The van der Waals surface area contributed by atoms with Crippen molar-refractivity contribution >= 4 is 33.5 Å². The Hall–Kier alpha value is -3.64. The van der Waals surface area contributed by atoms with Crippen LogP contribution in [0.25, 0.3) is 21.7 Å². The fourth-order valence-corrected chi connectivity index (χ4v) is 4.94. The molecule has 1 amide bonds. The lowest BCUT2D eigenvalue weighted by Gasteiger charge is -2.32. The zero-order chi connectivity index (χ0) is 24.2. The van der Waals surface area contributed by atoms with Crippen LogP contribution in [0.1, 0.15) is 43.4 Å². The van der Waals surface area contributed by atoms with E-state index in [1.165, 1.54) is 36.1 Å². The maximum absolute atomic E-state index is 11.2. The monoisotopic (exact) mass is 469 g/mol. The van der Waals surface area contributed by atoms with Gasteiger partial charge in [-0.05, 0) is 72.8 Å². The number of benzene rings is 3. The number of furan rings is 1. The van der Waals surface area contributed by atoms with E-state index >= 15 is 0 Å². The van der Waals surface area contributed by atoms with Gasteiger partial charge in [-0.15, -0.1) is 0 Å². The number of carbonyl (C=O) groups excluding carboxylic acids is 1. The van der Waals surface area contributed by atoms with Crippen molar-refractivity contribution in [3.8, 4) is 5.75 Å². The average Bonchev–Trinajstić information content (AvgIpc) is 3.32. The van der Waals surface area contributed by atoms with Gasteiger partial charge in [0.25, 0.3) is 0 Å². The van der Waals surface area contributed by atoms with Crippen LogP contribution in [0.15, 0.2) is 71.1 Å². The molecule has 0 bridgehead atoms. The van der Waals surface area contributed by atoms with Crippen molar-refractivity contribution in [3.05, 3.63) is 78.1 Å². The number of rotatable bonds is 7. The summed E-state index contributed by atoms with van der Waals surface area (Å²) >= 11 is 0. The van der Waals surface area contributed by atoms with Gasteiger partial charge in [-0.1, -0.05) is 48.5 Å². The van der Waals surface area contributed by atoms with E-state index in [1.54, 1.807) is 6.07 Å². The second-order valence-corrected chi connectivity index (χ2v) is 9.26. The van der Waals surface area contributed by atoms with Crippen LogP contribution in [-0.2, 0) is 4.79 Å². The Labute approximate surface area is 205 Å². The highest BCUT2D eigenvalue weighted by Crippen LogP contribution is 2.31. The summed E-state index contributed by atoms with van der Waals surface area (Å²) in [5.74, 6) is 1.35. The van der Waals surface area contributed by atoms with Crippen LogP contribution in [-0.4, -0.2) is 42.9 Å². The van der Waals surface area contributed by atoms with Gasteiger partial charge in [-0.2, -0.15) is 0 Å². The molecule has 6 nitrogen and oxygen atoms in total. The molecule has 35 heavy (non-hydrogen) atoms. The van der Waals surface area contributed by atoms with Gasteiger partial charge >= 0.3 is 0 Å². The Balaban J connectivity index is 1.11. The maximum Gasteiger partial charge on any atom is 0.222 e. The molecule has 0 spiro atoms. The highest BCUT2D eigenvalue weighted by molar-refractivity contribution is 6.06. The number of hydrogen-bond acceptors (Lipinski definition) is 5. The molecule has 1 saturated heterocycles. The summed E-state index contributed by atoms with van der Waals surface area (Å²) in [6.45, 7) is 5.24. The molecule has 4 aromatic rings. The first kappa shape index (κ1) is 23.1. The van der Waals surface area contributed by atoms with Gasteiger partial charge < -0.3 is 19.4 Å². The van der Waals surface area contributed by atoms with Gasteiger partial charge in [-0.25, -0.2) is 0 Å². The van der Waals surface area contributed by atoms with Crippen LogP contribution in [0.5, 0.6) is 5.75 Å². The van der Waals surface area contributed by atoms with Crippen LogP contribution in [0, 0.1) is 5.41 Å². The highest BCUT2D eigenvalue weighted by atomic mass is 16.5. The van der Waals surface area contributed by atoms with Crippen molar-refractivity contribution in [2.45, 2.75) is 32.1 Å². The van der Waals surface area contributed by atoms with E-state index in [1.807, 2.05) is 18.2 Å². The minimum atomic E-state index is -0.298. The summed E-state index contributed by atoms with van der Waals surface area (Å²) < 4.78 is 11.8. The van der Waals surface area contributed by atoms with E-state index in [0.717, 1.165) is 37.2 Å². The van der Waals surface area contributed by atoms with Crippen molar-refractivity contribution in [1.82, 2.24) is 10.2 Å². The van der Waals surface area contributed by atoms with Crippen molar-refractivity contribution in [3.63, 3.8) is 0 Å². The number of fused-ring (bicyclic) bond motifs is 2. The predicted molar refractivity (Wildman–Crippen MR) is 139 cm³/mol. The fraction of sp³-hybridized carbons (Fsp3) is 0.310. The molecule has 0 aliphatic carbocycles. The minimum Gasteiger partial charge on any atom is -0.493 e. The molecule has 2 N–H and O–H groups in total. The fourth-order valence-electron chi connectivity index (χ4n) is 4.94. The molecule has 0 radical (unpaired) electrons. The number of likely N-dealkylation sites (tertiary alicyclic amines) is 1. The predicted octanol–water partition coefficient (Wildman–Crippen LogP) is 5.70. The van der Waals surface area contributed by atoms with E-state index in [4.69, 9.17) is 14.6 Å². The summed E-state index contributed by atoms with van der Waals surface area (Å²) in [5, 5.41) is 13.9. The number of hydrogen-bond donors (Lipinski definition) is 2. The third-order valence-corrected chi connectivity index (χ3v) is 6.78. The zero-order valence-electron chi connectivity index (χ0n) is 20.0. The van der Waals surface area contributed by atoms with Gasteiger partial charge in [0.05, 0.1) is 12.0 Å². The Kier molecular flexibility index (Phi) is 6.82. The topological polar surface area (TPSA) is 78.6 Å². The third-order valence-electron chi connectivity index (χ3n) is 6.78. The normalized spacial score (nSPS) is 14.9. The molecule has 6 heteroatoms. The van der Waals surface area contributed by atoms with Crippen LogP contribution >= 0.6 is 0 Å². The number of nitrogens with zero attached hydrogens (tertiary/aromatic N) is 1. The largest absolute Gasteiger partial charge is 0.493 e. The number of nitrogens with one attached hydrogen (secondary N) is 2. The minimum absolute atomic E-state index is 0.0493. The van der Waals surface area contributed by atoms with E-state index in [0.29, 0.717) is 23.9 Å². The summed E-state index contributed by atoms with van der Waals surface area (Å²) in [5.41, 5.74) is 2.11. The highest BCUT2D eigenvalue weighted by Gasteiger charge is 2.20. The Morgan fingerprint density at radius 3 is 2.66 bits per heavy atom. The third kappa shape index (κ3) is 5.38. The summed E-state index contributed by atoms with van der Waals surface area (Å²) in [6, 6.07) is 22.9. The Morgan fingerprint density at radius 1 is 1.06 bits per heavy atom. The first-order valence-electron chi connectivity index (χ1n) is 12.3. The molecule has 0 unspecified atom stereocenters. The Bertz CT molecular complexity index is 1350. The molecule has 180 valence electrons. The second-order valence-electron chi connectivity index (χ2n) is 9.26. The van der Waals surface area contributed by atoms with Crippen LogP contribution in [0.3, 0.4) is 0 Å². The van der Waals surface area contributed by atoms with E-state index < -0.39 is 0 Å². The quantitative estimate of drug-likeness (QED) is 0.207. The lowest BCUT2D eigenvalue weighted by molar-refractivity contribution is -0.117. The molecule has 1 aromatic heterocycles. The number of amides is 1. The molecule has 2 heterocycles. The standard InChI is InChI=1S/C29H31N3O3/c1-20(33)31-29(30)28-19-25-26(8-4-9-27(25)35-28)34-17-5-14-32-15-12-22(13-16-32)24-11-10-21-6-2-3-7-23(21)18-24/h2-4,6-11,18-19,22H,5,12-17H2,1H3,(H2,30,31,33). The van der Waals surface area contributed by atoms with Gasteiger partial charge in [0.1, 0.15) is 11.3 Å². The molecule has 5 rings (SSSR count). The first-order valence-corrected chi connectivity index (χ1v) is 12.3. The SMILES string of the molecule is CC(=O)NC(=N)c1cc2c(OCCCN3CCC(c4ccc5ccccc5c4)CC3)cccc2o1. The first-order chi connectivity index (χ1) is 17.1. The van der Waals surface area contributed by atoms with Crippen LogP contribution in [0.2, 0.25) is 0 Å². The number of amidine groups is 1. The molecule has 0 saturated carbocycles. The molecule has 1 aliphatic heterocycles. The van der Waals surface area contributed by atoms with Crippen molar-refractivity contribution in [2.24, 2.45) is 0 Å². The number of ether oxygens (including phenoxy) is 1. The van der Waals surface area contributed by atoms with Gasteiger partial charge in [0.2, 0.25) is 5.91 Å². The number of piperidine rings is 1. The lowest BCUT2D eigenvalue weighted by atomic mass is 9.88. The zero-order valence-corrected chi connectivity index (χ0v) is 20.0. The van der Waals surface area contributed by atoms with Gasteiger partial charge in [0.15, 0.2) is 11.6 Å². The summed E-state index contributed by atoms with van der Waals surface area (Å²) in [7, 11) is 0. The van der Waals surface area contributed by atoms with E-state index in [9.17, 15) is 4.79 Å². The van der Waals surface area contributed by atoms with E-state index in [-0.39, 0.29) is 11.7 Å². The van der Waals surface area contributed by atoms with Crippen LogP contribution < -0.4 is 10.1 Å². The van der Waals surface area contributed by atoms with Gasteiger partial charge in [-0.3, -0.25) is 10.2 Å². The molecule has 1 fully saturated rings.